The van der Waals surface area contributed by atoms with Gasteiger partial charge in [-0.1, -0.05) is 30.3 Å². The molecule has 26 heavy (non-hydrogen) atoms. The van der Waals surface area contributed by atoms with E-state index in [0.717, 1.165) is 27.7 Å². The number of rotatable bonds is 6. The van der Waals surface area contributed by atoms with E-state index in [9.17, 15) is 9.59 Å². The predicted octanol–water partition coefficient (Wildman–Crippen LogP) is 3.35. The number of fused-ring (bicyclic) bond motifs is 1. The van der Waals surface area contributed by atoms with Gasteiger partial charge in [0, 0.05) is 41.2 Å². The lowest BCUT2D eigenvalue weighted by Gasteiger charge is -2.05. The number of hydrogen-bond acceptors (Lipinski definition) is 3. The number of aromatic nitrogens is 1. The standard InChI is InChI=1S/C20H20N4O2/c1-14-5-4-6-16(11-14)23-19(25)9-10-20(26)24-22-13-15-12-21-18-8-3-2-7-17(15)18/h2-8,11-13,21H,9-10H2,1H3,(H,23,25)(H,24,26)/b22-13-. The van der Waals surface area contributed by atoms with Crippen LogP contribution in [-0.2, 0) is 9.59 Å². The third-order valence-corrected chi connectivity index (χ3v) is 3.90. The van der Waals surface area contributed by atoms with Crippen LogP contribution in [0.25, 0.3) is 10.9 Å². The van der Waals surface area contributed by atoms with Crippen molar-refractivity contribution in [1.82, 2.24) is 10.4 Å². The number of hydrogen-bond donors (Lipinski definition) is 3. The molecule has 0 aliphatic carbocycles. The van der Waals surface area contributed by atoms with Gasteiger partial charge in [-0.05, 0) is 30.7 Å². The second-order valence-electron chi connectivity index (χ2n) is 6.00. The molecule has 1 heterocycles. The first kappa shape index (κ1) is 17.4. The molecule has 0 saturated carbocycles. The lowest BCUT2D eigenvalue weighted by molar-refractivity contribution is -0.124. The minimum atomic E-state index is -0.305. The van der Waals surface area contributed by atoms with Crippen molar-refractivity contribution in [2.24, 2.45) is 5.10 Å². The fourth-order valence-corrected chi connectivity index (χ4v) is 2.60. The van der Waals surface area contributed by atoms with E-state index in [-0.39, 0.29) is 24.7 Å². The minimum Gasteiger partial charge on any atom is -0.361 e. The molecule has 0 aliphatic heterocycles. The van der Waals surface area contributed by atoms with E-state index in [1.54, 1.807) is 6.21 Å². The number of benzene rings is 2. The number of para-hydroxylation sites is 1. The second kappa shape index (κ2) is 8.11. The normalized spacial score (nSPS) is 11.0. The molecule has 0 radical (unpaired) electrons. The van der Waals surface area contributed by atoms with Crippen molar-refractivity contribution in [2.45, 2.75) is 19.8 Å². The van der Waals surface area contributed by atoms with Gasteiger partial charge in [0.2, 0.25) is 11.8 Å². The summed E-state index contributed by atoms with van der Waals surface area (Å²) in [4.78, 5) is 26.9. The summed E-state index contributed by atoms with van der Waals surface area (Å²) < 4.78 is 0. The van der Waals surface area contributed by atoms with Gasteiger partial charge in [0.15, 0.2) is 0 Å². The summed E-state index contributed by atoms with van der Waals surface area (Å²) in [7, 11) is 0. The van der Waals surface area contributed by atoms with Crippen LogP contribution in [0.4, 0.5) is 5.69 Å². The first-order chi connectivity index (χ1) is 12.6. The third kappa shape index (κ3) is 4.57. The van der Waals surface area contributed by atoms with E-state index in [1.807, 2.05) is 61.7 Å². The summed E-state index contributed by atoms with van der Waals surface area (Å²) in [6.07, 6.45) is 3.59. The molecule has 2 aromatic carbocycles. The van der Waals surface area contributed by atoms with Crippen molar-refractivity contribution in [3.8, 4) is 0 Å². The van der Waals surface area contributed by atoms with Gasteiger partial charge >= 0.3 is 0 Å². The highest BCUT2D eigenvalue weighted by Gasteiger charge is 2.07. The smallest absolute Gasteiger partial charge is 0.240 e. The van der Waals surface area contributed by atoms with E-state index in [2.05, 4.69) is 20.8 Å². The van der Waals surface area contributed by atoms with Gasteiger partial charge in [-0.3, -0.25) is 9.59 Å². The van der Waals surface area contributed by atoms with Crippen LogP contribution in [0, 0.1) is 6.92 Å². The average molecular weight is 348 g/mol. The Kier molecular flexibility index (Phi) is 5.43. The molecule has 0 atom stereocenters. The average Bonchev–Trinajstić information content (AvgIpc) is 3.03. The maximum absolute atomic E-state index is 11.9. The highest BCUT2D eigenvalue weighted by atomic mass is 16.2. The molecule has 3 N–H and O–H groups in total. The summed E-state index contributed by atoms with van der Waals surface area (Å²) in [5.74, 6) is -0.508. The van der Waals surface area contributed by atoms with Gasteiger partial charge in [0.25, 0.3) is 0 Å². The van der Waals surface area contributed by atoms with Crippen LogP contribution in [0.5, 0.6) is 0 Å². The molecular weight excluding hydrogens is 328 g/mol. The highest BCUT2D eigenvalue weighted by molar-refractivity contribution is 5.99. The SMILES string of the molecule is Cc1cccc(NC(=O)CCC(=O)N/N=C\c2c[nH]c3ccccc23)c1. The second-order valence-corrected chi connectivity index (χ2v) is 6.00. The summed E-state index contributed by atoms with van der Waals surface area (Å²) in [6.45, 7) is 1.95. The zero-order valence-corrected chi connectivity index (χ0v) is 14.5. The van der Waals surface area contributed by atoms with E-state index in [1.165, 1.54) is 0 Å². The minimum absolute atomic E-state index is 0.0723. The highest BCUT2D eigenvalue weighted by Crippen LogP contribution is 2.15. The molecule has 6 heteroatoms. The maximum Gasteiger partial charge on any atom is 0.240 e. The zero-order valence-electron chi connectivity index (χ0n) is 14.5. The Balaban J connectivity index is 1.46. The number of H-pyrrole nitrogens is 1. The first-order valence-corrected chi connectivity index (χ1v) is 8.36. The summed E-state index contributed by atoms with van der Waals surface area (Å²) in [6, 6.07) is 15.4. The van der Waals surface area contributed by atoms with Crippen LogP contribution in [0.1, 0.15) is 24.0 Å². The Morgan fingerprint density at radius 2 is 1.88 bits per heavy atom. The molecule has 0 spiro atoms. The topological polar surface area (TPSA) is 86.3 Å². The van der Waals surface area contributed by atoms with Gasteiger partial charge < -0.3 is 10.3 Å². The molecule has 2 amide bonds. The monoisotopic (exact) mass is 348 g/mol. The van der Waals surface area contributed by atoms with Crippen LogP contribution in [-0.4, -0.2) is 23.0 Å². The fourth-order valence-electron chi connectivity index (χ4n) is 2.60. The quantitative estimate of drug-likeness (QED) is 0.471. The lowest BCUT2D eigenvalue weighted by Crippen LogP contribution is -2.20. The van der Waals surface area contributed by atoms with E-state index < -0.39 is 0 Å². The zero-order chi connectivity index (χ0) is 18.4. The number of nitrogens with one attached hydrogen (secondary N) is 3. The number of amides is 2. The Labute approximate surface area is 151 Å². The van der Waals surface area contributed by atoms with Gasteiger partial charge in [0.1, 0.15) is 0 Å². The van der Waals surface area contributed by atoms with Gasteiger partial charge in [-0.25, -0.2) is 5.43 Å². The largest absolute Gasteiger partial charge is 0.361 e. The Bertz CT molecular complexity index is 959. The van der Waals surface area contributed by atoms with Crippen LogP contribution < -0.4 is 10.7 Å². The van der Waals surface area contributed by atoms with Crippen LogP contribution in [0.15, 0.2) is 59.8 Å². The van der Waals surface area contributed by atoms with Crippen LogP contribution in [0.3, 0.4) is 0 Å². The molecule has 0 fully saturated rings. The Morgan fingerprint density at radius 3 is 2.73 bits per heavy atom. The number of carbonyl (C=O) groups excluding carboxylic acids is 2. The molecule has 3 aromatic rings. The maximum atomic E-state index is 11.9. The summed E-state index contributed by atoms with van der Waals surface area (Å²) >= 11 is 0. The fraction of sp³-hybridized carbons (Fsp3) is 0.150. The third-order valence-electron chi connectivity index (χ3n) is 3.90. The van der Waals surface area contributed by atoms with Crippen molar-refractivity contribution in [2.75, 3.05) is 5.32 Å². The van der Waals surface area contributed by atoms with E-state index in [0.29, 0.717) is 0 Å². The lowest BCUT2D eigenvalue weighted by atomic mass is 10.2. The molecule has 0 aliphatic rings. The predicted molar refractivity (Wildman–Crippen MR) is 103 cm³/mol. The van der Waals surface area contributed by atoms with Crippen molar-refractivity contribution < 1.29 is 9.59 Å². The van der Waals surface area contributed by atoms with Crippen molar-refractivity contribution in [3.05, 3.63) is 65.9 Å². The van der Waals surface area contributed by atoms with E-state index in [4.69, 9.17) is 0 Å². The number of anilines is 1. The summed E-state index contributed by atoms with van der Waals surface area (Å²) in [5, 5.41) is 7.77. The van der Waals surface area contributed by atoms with Gasteiger partial charge in [-0.15, -0.1) is 0 Å². The number of hydrazone groups is 1. The van der Waals surface area contributed by atoms with Crippen LogP contribution in [0.2, 0.25) is 0 Å². The van der Waals surface area contributed by atoms with Gasteiger partial charge in [0.05, 0.1) is 6.21 Å². The van der Waals surface area contributed by atoms with Crippen LogP contribution >= 0.6 is 0 Å². The Morgan fingerprint density at radius 1 is 1.08 bits per heavy atom. The number of aromatic amines is 1. The van der Waals surface area contributed by atoms with Crippen molar-refractivity contribution in [3.63, 3.8) is 0 Å². The van der Waals surface area contributed by atoms with Crippen molar-refractivity contribution >= 4 is 34.6 Å². The van der Waals surface area contributed by atoms with E-state index >= 15 is 0 Å². The summed E-state index contributed by atoms with van der Waals surface area (Å²) in [5.41, 5.74) is 6.14. The van der Waals surface area contributed by atoms with Crippen molar-refractivity contribution in [1.29, 1.82) is 0 Å². The van der Waals surface area contributed by atoms with Gasteiger partial charge in [-0.2, -0.15) is 5.10 Å². The Hall–Kier alpha value is -3.41. The first-order valence-electron chi connectivity index (χ1n) is 8.36. The molecule has 0 saturated heterocycles. The molecule has 0 bridgehead atoms. The molecule has 0 unspecified atom stereocenters. The number of aryl methyl sites for hydroxylation is 1. The molecule has 132 valence electrons. The number of nitrogens with zero attached hydrogens (tertiary/aromatic N) is 1. The molecule has 1 aromatic heterocycles. The molecule has 3 rings (SSSR count). The number of carbonyl (C=O) groups is 2. The molecule has 6 nitrogen and oxygen atoms in total. The molecular formula is C20H20N4O2.